The molecule has 0 aliphatic carbocycles. The van der Waals surface area contributed by atoms with Crippen molar-refractivity contribution in [2.24, 2.45) is 5.92 Å². The highest BCUT2D eigenvalue weighted by atomic mass is 79.9. The van der Waals surface area contributed by atoms with Crippen LogP contribution in [0.2, 0.25) is 0 Å². The van der Waals surface area contributed by atoms with Crippen LogP contribution in [-0.4, -0.2) is 18.1 Å². The van der Waals surface area contributed by atoms with Gasteiger partial charge in [-0.2, -0.15) is 5.26 Å². The molecule has 1 N–H and O–H groups in total. The third kappa shape index (κ3) is 3.83. The van der Waals surface area contributed by atoms with Gasteiger partial charge in [-0.15, -0.1) is 0 Å². The zero-order valence-electron chi connectivity index (χ0n) is 13.4. The standard InChI is InChI=1S/C18H19BrN2O2/c1-12(2)18(3,11-20)21-16(22)10-23-15-9-8-13-6-4-5-7-14(13)17(15)19/h4-9,12H,10H2,1-3H3,(H,21,22). The van der Waals surface area contributed by atoms with Crippen molar-refractivity contribution in [3.63, 3.8) is 0 Å². The van der Waals surface area contributed by atoms with E-state index in [4.69, 9.17) is 4.74 Å². The van der Waals surface area contributed by atoms with Crippen LogP contribution in [-0.2, 0) is 4.79 Å². The van der Waals surface area contributed by atoms with E-state index >= 15 is 0 Å². The van der Waals surface area contributed by atoms with Crippen molar-refractivity contribution in [3.05, 3.63) is 40.9 Å². The zero-order chi connectivity index (χ0) is 17.0. The largest absolute Gasteiger partial charge is 0.483 e. The van der Waals surface area contributed by atoms with Crippen molar-refractivity contribution in [2.75, 3.05) is 6.61 Å². The molecule has 0 aromatic heterocycles. The molecule has 0 spiro atoms. The van der Waals surface area contributed by atoms with E-state index in [1.54, 1.807) is 6.92 Å². The van der Waals surface area contributed by atoms with Crippen LogP contribution in [0.5, 0.6) is 5.75 Å². The van der Waals surface area contributed by atoms with Gasteiger partial charge >= 0.3 is 0 Å². The van der Waals surface area contributed by atoms with Crippen LogP contribution < -0.4 is 10.1 Å². The second-order valence-electron chi connectivity index (χ2n) is 5.90. The molecule has 0 saturated heterocycles. The van der Waals surface area contributed by atoms with E-state index in [0.29, 0.717) is 5.75 Å². The lowest BCUT2D eigenvalue weighted by Gasteiger charge is -2.27. The summed E-state index contributed by atoms with van der Waals surface area (Å²) in [5, 5.41) is 14.1. The first-order chi connectivity index (χ1) is 10.9. The molecular formula is C18H19BrN2O2. The van der Waals surface area contributed by atoms with Crippen molar-refractivity contribution >= 4 is 32.6 Å². The average Bonchev–Trinajstić information content (AvgIpc) is 2.54. The van der Waals surface area contributed by atoms with E-state index in [9.17, 15) is 10.1 Å². The van der Waals surface area contributed by atoms with Crippen molar-refractivity contribution in [1.82, 2.24) is 5.32 Å². The molecule has 1 atom stereocenters. The molecule has 4 nitrogen and oxygen atoms in total. The number of carbonyl (C=O) groups excluding carboxylic acids is 1. The van der Waals surface area contributed by atoms with Gasteiger partial charge in [0.15, 0.2) is 6.61 Å². The Kier molecular flexibility index (Phi) is 5.27. The molecule has 0 aliphatic rings. The number of fused-ring (bicyclic) bond motifs is 1. The first-order valence-corrected chi connectivity index (χ1v) is 8.19. The van der Waals surface area contributed by atoms with Crippen LogP contribution in [0, 0.1) is 17.2 Å². The van der Waals surface area contributed by atoms with Crippen molar-refractivity contribution < 1.29 is 9.53 Å². The van der Waals surface area contributed by atoms with Crippen LogP contribution in [0.15, 0.2) is 40.9 Å². The van der Waals surface area contributed by atoms with Crippen molar-refractivity contribution in [2.45, 2.75) is 26.3 Å². The highest BCUT2D eigenvalue weighted by Crippen LogP contribution is 2.33. The van der Waals surface area contributed by atoms with Gasteiger partial charge in [-0.25, -0.2) is 0 Å². The molecule has 0 bridgehead atoms. The van der Waals surface area contributed by atoms with Gasteiger partial charge in [0.05, 0.1) is 10.5 Å². The van der Waals surface area contributed by atoms with Gasteiger partial charge in [0.1, 0.15) is 11.3 Å². The molecular weight excluding hydrogens is 356 g/mol. The number of amides is 1. The quantitative estimate of drug-likeness (QED) is 0.858. The maximum atomic E-state index is 12.1. The fraction of sp³-hybridized carbons (Fsp3) is 0.333. The van der Waals surface area contributed by atoms with E-state index in [2.05, 4.69) is 27.3 Å². The number of hydrogen-bond donors (Lipinski definition) is 1. The Morgan fingerprint density at radius 3 is 2.70 bits per heavy atom. The minimum Gasteiger partial charge on any atom is -0.483 e. The molecule has 0 fully saturated rings. The predicted molar refractivity (Wildman–Crippen MR) is 94.1 cm³/mol. The van der Waals surface area contributed by atoms with Crippen LogP contribution in [0.4, 0.5) is 0 Å². The van der Waals surface area contributed by atoms with E-state index in [1.807, 2.05) is 50.2 Å². The molecule has 23 heavy (non-hydrogen) atoms. The molecule has 0 saturated carbocycles. The average molecular weight is 375 g/mol. The number of ether oxygens (including phenoxy) is 1. The number of rotatable bonds is 5. The Morgan fingerprint density at radius 2 is 2.04 bits per heavy atom. The van der Waals surface area contributed by atoms with Gasteiger partial charge in [0, 0.05) is 0 Å². The number of nitrogens with one attached hydrogen (secondary N) is 1. The molecule has 1 unspecified atom stereocenters. The molecule has 120 valence electrons. The second-order valence-corrected chi connectivity index (χ2v) is 6.70. The van der Waals surface area contributed by atoms with Gasteiger partial charge in [0.25, 0.3) is 5.91 Å². The number of carbonyl (C=O) groups is 1. The Bertz CT molecular complexity index is 767. The smallest absolute Gasteiger partial charge is 0.259 e. The van der Waals surface area contributed by atoms with Gasteiger partial charge in [-0.3, -0.25) is 4.79 Å². The summed E-state index contributed by atoms with van der Waals surface area (Å²) in [4.78, 5) is 12.1. The highest BCUT2D eigenvalue weighted by molar-refractivity contribution is 9.10. The number of benzene rings is 2. The normalized spacial score (nSPS) is 13.4. The van der Waals surface area contributed by atoms with Crippen molar-refractivity contribution in [3.8, 4) is 11.8 Å². The van der Waals surface area contributed by atoms with E-state index in [-0.39, 0.29) is 18.4 Å². The summed E-state index contributed by atoms with van der Waals surface area (Å²) in [6, 6.07) is 13.8. The minimum atomic E-state index is -0.902. The zero-order valence-corrected chi connectivity index (χ0v) is 15.0. The fourth-order valence-corrected chi connectivity index (χ4v) is 2.70. The SMILES string of the molecule is CC(C)C(C)(C#N)NC(=O)COc1ccc2ccccc2c1Br. The monoisotopic (exact) mass is 374 g/mol. The number of nitrogens with zero attached hydrogens (tertiary/aromatic N) is 1. The maximum Gasteiger partial charge on any atom is 0.259 e. The molecule has 0 heterocycles. The number of nitriles is 1. The summed E-state index contributed by atoms with van der Waals surface area (Å²) in [6.45, 7) is 5.36. The Balaban J connectivity index is 2.08. The highest BCUT2D eigenvalue weighted by Gasteiger charge is 2.30. The maximum absolute atomic E-state index is 12.1. The first-order valence-electron chi connectivity index (χ1n) is 7.39. The summed E-state index contributed by atoms with van der Waals surface area (Å²) < 4.78 is 6.42. The molecule has 1 amide bonds. The van der Waals surface area contributed by atoms with Crippen molar-refractivity contribution in [1.29, 1.82) is 5.26 Å². The fourth-order valence-electron chi connectivity index (χ4n) is 2.10. The van der Waals surface area contributed by atoms with E-state index in [1.165, 1.54) is 0 Å². The van der Waals surface area contributed by atoms with Gasteiger partial charge < -0.3 is 10.1 Å². The number of hydrogen-bond acceptors (Lipinski definition) is 3. The lowest BCUT2D eigenvalue weighted by atomic mass is 9.90. The molecule has 2 aromatic carbocycles. The summed E-state index contributed by atoms with van der Waals surface area (Å²) in [6.07, 6.45) is 0. The second kappa shape index (κ2) is 7.01. The third-order valence-electron chi connectivity index (χ3n) is 3.97. The summed E-state index contributed by atoms with van der Waals surface area (Å²) in [5.74, 6) is 0.286. The van der Waals surface area contributed by atoms with Gasteiger partial charge in [-0.1, -0.05) is 44.2 Å². The predicted octanol–water partition coefficient (Wildman–Crippen LogP) is 4.04. The molecule has 0 radical (unpaired) electrons. The molecule has 2 rings (SSSR count). The molecule has 5 heteroatoms. The summed E-state index contributed by atoms with van der Waals surface area (Å²) in [7, 11) is 0. The van der Waals surface area contributed by atoms with Crippen LogP contribution in [0.25, 0.3) is 10.8 Å². The summed E-state index contributed by atoms with van der Waals surface area (Å²) in [5.41, 5.74) is -0.902. The number of halogens is 1. The van der Waals surface area contributed by atoms with Crippen LogP contribution in [0.3, 0.4) is 0 Å². The Morgan fingerprint density at radius 1 is 1.35 bits per heavy atom. The van der Waals surface area contributed by atoms with E-state index < -0.39 is 5.54 Å². The molecule has 2 aromatic rings. The van der Waals surface area contributed by atoms with Crippen LogP contribution >= 0.6 is 15.9 Å². The van der Waals surface area contributed by atoms with Gasteiger partial charge in [-0.05, 0) is 45.6 Å². The lowest BCUT2D eigenvalue weighted by Crippen LogP contribution is -2.50. The van der Waals surface area contributed by atoms with Crippen LogP contribution in [0.1, 0.15) is 20.8 Å². The van der Waals surface area contributed by atoms with Gasteiger partial charge in [0.2, 0.25) is 0 Å². The summed E-state index contributed by atoms with van der Waals surface area (Å²) >= 11 is 3.52. The lowest BCUT2D eigenvalue weighted by molar-refractivity contribution is -0.124. The molecule has 0 aliphatic heterocycles. The topological polar surface area (TPSA) is 62.1 Å². The van der Waals surface area contributed by atoms with E-state index in [0.717, 1.165) is 15.2 Å². The third-order valence-corrected chi connectivity index (χ3v) is 4.79. The minimum absolute atomic E-state index is 0.00357. The Labute approximate surface area is 144 Å². The Hall–Kier alpha value is -2.06. The first kappa shape index (κ1) is 17.3.